The van der Waals surface area contributed by atoms with Gasteiger partial charge >= 0.3 is 21.1 Å². The van der Waals surface area contributed by atoms with Crippen molar-refractivity contribution >= 4 is 37.4 Å². The fourth-order valence-corrected chi connectivity index (χ4v) is 18.0. The van der Waals surface area contributed by atoms with Gasteiger partial charge in [-0.25, -0.2) is 18.7 Å². The summed E-state index contributed by atoms with van der Waals surface area (Å²) >= 11 is 0. The standard InChI is InChI=1S/C46H36N4O4P2.2CH3.Pt/c51-39-35-25-13-14-26-36(35)40(52)48-44(32-19-7-2-8-20-32)55(43(47(39)48)31-17-5-1-6-18-31)29-30-56-45(33-21-9-3-10-22-33)49-41(53)37-27-15-16-28-38(37)42(54)50(49)46(56)34-23-11-4-12-24-34;;;/h1-28,43-46H,29-30H2;2*1H3;/q;2*-1;+2/p+2/t43-,44?,45-,46?,55?,56?;;;/m0.../s1. The van der Waals surface area contributed by atoms with Crippen molar-refractivity contribution in [3.63, 3.8) is 0 Å². The van der Waals surface area contributed by atoms with Crippen molar-refractivity contribution < 1.29 is 21.1 Å². The fraction of sp³-hybridized carbons (Fsp3) is 0.125. The first-order valence-corrected chi connectivity index (χ1v) is 22.7. The van der Waals surface area contributed by atoms with E-state index in [0.29, 0.717) is 21.5 Å². The van der Waals surface area contributed by atoms with Gasteiger partial charge in [0.2, 0.25) is 0 Å². The van der Waals surface area contributed by atoms with Crippen molar-refractivity contribution in [3.8, 4) is 0 Å². The van der Waals surface area contributed by atoms with Crippen molar-refractivity contribution in [2.75, 3.05) is 12.3 Å². The van der Waals surface area contributed by atoms with Gasteiger partial charge < -0.3 is 14.9 Å². The number of rotatable bonds is 7. The zero-order chi connectivity index (χ0) is 37.9. The Balaban J connectivity index is 0.00000176. The molecular formula is C48H44N4O4P2Pt+2. The minimum Gasteiger partial charge on any atom is -0.358 e. The molecule has 0 saturated heterocycles. The zero-order valence-corrected chi connectivity index (χ0v) is 36.9. The van der Waals surface area contributed by atoms with E-state index < -0.39 is 15.8 Å². The van der Waals surface area contributed by atoms with Crippen molar-refractivity contribution in [2.45, 2.75) is 23.1 Å². The van der Waals surface area contributed by atoms with E-state index in [1.165, 1.54) is 0 Å². The van der Waals surface area contributed by atoms with Crippen LogP contribution in [-0.4, -0.2) is 31.1 Å². The molecule has 10 rings (SSSR count). The Kier molecular flexibility index (Phi) is 12.2. The number of nitrogens with zero attached hydrogens (tertiary/aromatic N) is 4. The second-order valence-corrected chi connectivity index (χ2v) is 20.1. The number of hydrogen-bond acceptors (Lipinski definition) is 4. The quantitative estimate of drug-likeness (QED) is 0.118. The summed E-state index contributed by atoms with van der Waals surface area (Å²) in [7, 11) is -3.47. The van der Waals surface area contributed by atoms with Crippen LogP contribution in [0, 0.1) is 14.9 Å². The van der Waals surface area contributed by atoms with E-state index in [1.807, 2.05) is 97.1 Å². The zero-order valence-electron chi connectivity index (χ0n) is 32.6. The van der Waals surface area contributed by atoms with Crippen molar-refractivity contribution in [1.29, 1.82) is 0 Å². The fourth-order valence-electron chi connectivity index (χ4n) is 9.29. The predicted octanol–water partition coefficient (Wildman–Crippen LogP) is 8.88. The maximum absolute atomic E-state index is 14.7. The number of hydrogen-bond donors (Lipinski definition) is 0. The molecule has 59 heavy (non-hydrogen) atoms. The Morgan fingerprint density at radius 1 is 0.322 bits per heavy atom. The molecule has 6 aromatic carbocycles. The molecule has 2 aromatic heterocycles. The summed E-state index contributed by atoms with van der Waals surface area (Å²) < 4.78 is 7.05. The second kappa shape index (κ2) is 17.2. The third kappa shape index (κ3) is 6.76. The van der Waals surface area contributed by atoms with Gasteiger partial charge in [0.1, 0.15) is 0 Å². The second-order valence-electron chi connectivity index (χ2n) is 14.6. The summed E-state index contributed by atoms with van der Waals surface area (Å²) in [6.45, 7) is 0. The van der Waals surface area contributed by atoms with Crippen molar-refractivity contribution in [2.24, 2.45) is 0 Å². The molecule has 0 amide bonds. The topological polar surface area (TPSA) is 88.0 Å². The maximum atomic E-state index is 14.7. The number of benzene rings is 6. The molecule has 4 unspecified atom stereocenters. The Morgan fingerprint density at radius 2 is 0.508 bits per heavy atom. The Labute approximate surface area is 359 Å². The molecule has 11 heteroatoms. The van der Waals surface area contributed by atoms with Crippen LogP contribution < -0.4 is 22.2 Å². The van der Waals surface area contributed by atoms with Crippen LogP contribution >= 0.6 is 15.8 Å². The minimum absolute atomic E-state index is 0. The molecule has 4 heterocycles. The van der Waals surface area contributed by atoms with Crippen LogP contribution in [0.5, 0.6) is 0 Å². The van der Waals surface area contributed by atoms with Crippen molar-refractivity contribution in [1.82, 2.24) is 18.7 Å². The molecule has 0 fully saturated rings. The summed E-state index contributed by atoms with van der Waals surface area (Å²) in [6, 6.07) is 54.8. The van der Waals surface area contributed by atoms with Gasteiger partial charge in [0.15, 0.2) is 23.1 Å². The largest absolute Gasteiger partial charge is 2.00 e. The molecule has 0 N–H and O–H groups in total. The van der Waals surface area contributed by atoms with Crippen LogP contribution in [0.2, 0.25) is 0 Å². The molecule has 0 radical (unpaired) electrons. The first-order chi connectivity index (χ1) is 27.5. The molecule has 8 aromatic rings. The molecule has 0 bridgehead atoms. The number of aromatic nitrogens is 4. The third-order valence-electron chi connectivity index (χ3n) is 11.6. The monoisotopic (exact) mass is 997 g/mol. The normalized spacial score (nSPS) is 20.2. The van der Waals surface area contributed by atoms with Gasteiger partial charge in [0.25, 0.3) is 22.2 Å². The summed E-state index contributed by atoms with van der Waals surface area (Å²) in [5.41, 5.74) is 3.28. The Hall–Kier alpha value is -5.25. The van der Waals surface area contributed by atoms with E-state index in [-0.39, 0.29) is 81.3 Å². The van der Waals surface area contributed by atoms with Gasteiger partial charge in [0.05, 0.1) is 49.7 Å². The molecule has 0 spiro atoms. The van der Waals surface area contributed by atoms with Crippen molar-refractivity contribution in [3.05, 3.63) is 248 Å². The summed E-state index contributed by atoms with van der Waals surface area (Å²) in [5, 5.41) is 1.67. The van der Waals surface area contributed by atoms with Gasteiger partial charge in [-0.05, 0) is 24.3 Å². The van der Waals surface area contributed by atoms with E-state index in [1.54, 1.807) is 43.0 Å². The third-order valence-corrected chi connectivity index (χ3v) is 18.9. The summed E-state index contributed by atoms with van der Waals surface area (Å²) in [6.07, 6.45) is 1.46. The van der Waals surface area contributed by atoms with Crippen LogP contribution in [0.15, 0.2) is 189 Å². The van der Waals surface area contributed by atoms with E-state index in [2.05, 4.69) is 48.5 Å². The van der Waals surface area contributed by atoms with Gasteiger partial charge in [0, 0.05) is 22.3 Å². The Bertz CT molecular complexity index is 2600. The molecule has 0 saturated carbocycles. The SMILES string of the molecule is O=c1c2ccccc2c(=O)n2n1C(c1ccccc1)[PH+](CC[PH+]1C(c3ccccc3)n3c(=O)c4ccccc4c(=O)n3[C@@H]1c1ccccc1)[C@H]2c1ccccc1.[CH3-].[CH3-].[Pt+2]. The van der Waals surface area contributed by atoms with Crippen LogP contribution in [0.25, 0.3) is 21.5 Å². The van der Waals surface area contributed by atoms with Gasteiger partial charge in [-0.3, -0.25) is 19.2 Å². The van der Waals surface area contributed by atoms with Crippen LogP contribution in [0.1, 0.15) is 45.4 Å². The van der Waals surface area contributed by atoms with E-state index >= 15 is 0 Å². The minimum atomic E-state index is -1.74. The average Bonchev–Trinajstić information content (AvgIpc) is 3.79. The van der Waals surface area contributed by atoms with Gasteiger partial charge in [-0.2, -0.15) is 0 Å². The molecule has 2 aliphatic rings. The first kappa shape index (κ1) is 41.9. The smallest absolute Gasteiger partial charge is 0.358 e. The molecule has 0 aliphatic carbocycles. The van der Waals surface area contributed by atoms with Crippen LogP contribution in [0.3, 0.4) is 0 Å². The number of fused-ring (bicyclic) bond motifs is 4. The molecule has 298 valence electrons. The van der Waals surface area contributed by atoms with Crippen LogP contribution in [0.4, 0.5) is 0 Å². The van der Waals surface area contributed by atoms with Gasteiger partial charge in [-0.15, -0.1) is 0 Å². The maximum Gasteiger partial charge on any atom is 2.00 e. The predicted molar refractivity (Wildman–Crippen MR) is 242 cm³/mol. The molecule has 8 nitrogen and oxygen atoms in total. The van der Waals surface area contributed by atoms with E-state index in [4.69, 9.17) is 0 Å². The van der Waals surface area contributed by atoms with E-state index in [9.17, 15) is 19.2 Å². The first-order valence-electron chi connectivity index (χ1n) is 19.0. The van der Waals surface area contributed by atoms with E-state index in [0.717, 1.165) is 34.6 Å². The summed E-state index contributed by atoms with van der Waals surface area (Å²) in [5.74, 6) is -1.39. The van der Waals surface area contributed by atoms with Crippen LogP contribution in [-0.2, 0) is 21.1 Å². The molecule has 2 aliphatic heterocycles. The Morgan fingerprint density at radius 3 is 0.712 bits per heavy atom. The molecular weight excluding hydrogens is 954 g/mol. The summed E-state index contributed by atoms with van der Waals surface area (Å²) in [4.78, 5) is 58.8. The average molecular weight is 998 g/mol. The molecule has 6 atom stereocenters. The van der Waals surface area contributed by atoms with Gasteiger partial charge in [-0.1, -0.05) is 146 Å².